The highest BCUT2D eigenvalue weighted by molar-refractivity contribution is 5.86. The number of nitro groups is 1. The van der Waals surface area contributed by atoms with Crippen molar-refractivity contribution in [1.82, 2.24) is 14.8 Å². The van der Waals surface area contributed by atoms with Crippen molar-refractivity contribution in [2.45, 2.75) is 5.92 Å². The summed E-state index contributed by atoms with van der Waals surface area (Å²) < 4.78 is 7.09. The van der Waals surface area contributed by atoms with Crippen LogP contribution in [0.4, 0.5) is 5.95 Å². The third-order valence-electron chi connectivity index (χ3n) is 4.45. The van der Waals surface area contributed by atoms with Crippen LogP contribution in [0.5, 0.6) is 0 Å². The molecule has 0 aliphatic carbocycles. The fourth-order valence-electron chi connectivity index (χ4n) is 3.20. The van der Waals surface area contributed by atoms with Crippen molar-refractivity contribution in [3.8, 4) is 6.07 Å². The Morgan fingerprint density at radius 3 is 2.38 bits per heavy atom. The predicted molar refractivity (Wildman–Crippen MR) is 103 cm³/mol. The smallest absolute Gasteiger partial charge is 0.438 e. The Morgan fingerprint density at radius 2 is 1.79 bits per heavy atom. The number of aromatic nitrogens is 3. The average Bonchev–Trinajstić information content (AvgIpc) is 3.24. The minimum atomic E-state index is -0.685. The van der Waals surface area contributed by atoms with Crippen molar-refractivity contribution in [1.29, 1.82) is 5.26 Å². The molecule has 0 spiro atoms. The summed E-state index contributed by atoms with van der Waals surface area (Å²) in [4.78, 5) is 14.2. The quantitative estimate of drug-likeness (QED) is 0.538. The van der Waals surface area contributed by atoms with Crippen molar-refractivity contribution in [3.63, 3.8) is 0 Å². The first-order valence-electron chi connectivity index (χ1n) is 8.58. The number of nitrogens with zero attached hydrogens (tertiary/aromatic N) is 5. The molecule has 3 aromatic rings. The molecule has 9 heteroatoms. The maximum Gasteiger partial charge on any atom is 0.491 e. The van der Waals surface area contributed by atoms with Gasteiger partial charge in [-0.3, -0.25) is 0 Å². The molecule has 2 N–H and O–H groups in total. The second kappa shape index (κ2) is 7.28. The second-order valence-corrected chi connectivity index (χ2v) is 6.16. The van der Waals surface area contributed by atoms with E-state index in [1.807, 2.05) is 60.7 Å². The minimum absolute atomic E-state index is 0.0291. The van der Waals surface area contributed by atoms with Gasteiger partial charge in [0.05, 0.1) is 5.92 Å². The Bertz CT molecular complexity index is 1180. The Morgan fingerprint density at radius 1 is 1.14 bits per heavy atom. The molecule has 0 saturated carbocycles. The number of hydrogen-bond donors (Lipinski definition) is 1. The van der Waals surface area contributed by atoms with Crippen LogP contribution in [0.2, 0.25) is 0 Å². The zero-order valence-electron chi connectivity index (χ0n) is 15.0. The van der Waals surface area contributed by atoms with Crippen molar-refractivity contribution in [3.05, 3.63) is 99.7 Å². The van der Waals surface area contributed by atoms with E-state index >= 15 is 0 Å². The number of ether oxygens (including phenoxy) is 1. The van der Waals surface area contributed by atoms with Crippen molar-refractivity contribution in [2.75, 3.05) is 0 Å². The van der Waals surface area contributed by atoms with Gasteiger partial charge >= 0.3 is 5.95 Å². The van der Waals surface area contributed by atoms with Crippen LogP contribution in [0, 0.1) is 21.4 Å². The normalized spacial score (nSPS) is 16.3. The highest BCUT2D eigenvalue weighted by atomic mass is 16.6. The van der Waals surface area contributed by atoms with E-state index in [0.29, 0.717) is 17.0 Å². The van der Waals surface area contributed by atoms with E-state index < -0.39 is 16.8 Å². The van der Waals surface area contributed by atoms with Crippen LogP contribution in [0.3, 0.4) is 0 Å². The van der Waals surface area contributed by atoms with Crippen LogP contribution in [0.1, 0.15) is 17.0 Å². The summed E-state index contributed by atoms with van der Waals surface area (Å²) in [5.74, 6) is -0.890. The highest BCUT2D eigenvalue weighted by Gasteiger charge is 2.37. The van der Waals surface area contributed by atoms with E-state index in [1.165, 1.54) is 11.0 Å². The molecule has 2 aromatic carbocycles. The molecule has 1 aliphatic heterocycles. The van der Waals surface area contributed by atoms with E-state index in [4.69, 9.17) is 10.5 Å². The molecule has 2 heterocycles. The molecular formula is C20H14N6O3. The molecule has 0 unspecified atom stereocenters. The lowest BCUT2D eigenvalue weighted by Crippen LogP contribution is -2.23. The Kier molecular flexibility index (Phi) is 4.50. The van der Waals surface area contributed by atoms with Crippen molar-refractivity contribution < 1.29 is 9.66 Å². The molecule has 4 rings (SSSR count). The average molecular weight is 386 g/mol. The molecule has 0 bridgehead atoms. The molecule has 0 radical (unpaired) electrons. The van der Waals surface area contributed by atoms with Crippen molar-refractivity contribution >= 4 is 17.4 Å². The summed E-state index contributed by atoms with van der Waals surface area (Å²) in [7, 11) is 0. The lowest BCUT2D eigenvalue weighted by molar-refractivity contribution is -0.394. The third-order valence-corrected chi connectivity index (χ3v) is 4.45. The van der Waals surface area contributed by atoms with E-state index in [0.717, 1.165) is 5.56 Å². The van der Waals surface area contributed by atoms with Crippen LogP contribution in [0.15, 0.2) is 78.4 Å². The van der Waals surface area contributed by atoms with Gasteiger partial charge in [-0.05, 0) is 10.5 Å². The van der Waals surface area contributed by atoms with Crippen LogP contribution >= 0.6 is 0 Å². The van der Waals surface area contributed by atoms with E-state index in [-0.39, 0.29) is 11.5 Å². The number of rotatable bonds is 4. The second-order valence-electron chi connectivity index (χ2n) is 6.16. The van der Waals surface area contributed by atoms with Crippen LogP contribution in [-0.2, 0) is 4.74 Å². The van der Waals surface area contributed by atoms with E-state index in [2.05, 4.69) is 16.2 Å². The molecule has 1 aromatic heterocycles. The lowest BCUT2D eigenvalue weighted by Gasteiger charge is -2.28. The summed E-state index contributed by atoms with van der Waals surface area (Å²) in [6.45, 7) is 0. The topological polar surface area (TPSA) is 133 Å². The SMILES string of the molecule is N#CC1=C(N)OC(c2ccccc2)=C(n2cnc([N+](=O)[O-])n2)[C@@H]1c1ccccc1. The van der Waals surface area contributed by atoms with Gasteiger partial charge in [-0.25, -0.2) is 0 Å². The van der Waals surface area contributed by atoms with Gasteiger partial charge in [0.2, 0.25) is 12.2 Å². The largest absolute Gasteiger partial charge is 0.491 e. The van der Waals surface area contributed by atoms with Crippen molar-refractivity contribution in [2.24, 2.45) is 5.73 Å². The summed E-state index contributed by atoms with van der Waals surface area (Å²) in [5.41, 5.74) is 8.12. The fraction of sp³-hybridized carbons (Fsp3) is 0.0500. The summed E-state index contributed by atoms with van der Waals surface area (Å²) in [6, 6.07) is 20.4. The molecular weight excluding hydrogens is 372 g/mol. The number of hydrogen-bond acceptors (Lipinski definition) is 7. The zero-order valence-corrected chi connectivity index (χ0v) is 15.0. The predicted octanol–water partition coefficient (Wildman–Crippen LogP) is 3.02. The summed E-state index contributed by atoms with van der Waals surface area (Å²) in [5, 5.41) is 24.8. The van der Waals surface area contributed by atoms with Crippen LogP contribution in [0.25, 0.3) is 11.5 Å². The molecule has 29 heavy (non-hydrogen) atoms. The zero-order chi connectivity index (χ0) is 20.4. The van der Waals surface area contributed by atoms with Gasteiger partial charge in [-0.2, -0.15) is 5.26 Å². The fourth-order valence-corrected chi connectivity index (χ4v) is 3.20. The van der Waals surface area contributed by atoms with Gasteiger partial charge in [0.15, 0.2) is 5.76 Å². The van der Waals surface area contributed by atoms with E-state index in [9.17, 15) is 15.4 Å². The summed E-state index contributed by atoms with van der Waals surface area (Å²) >= 11 is 0. The third kappa shape index (κ3) is 3.19. The maximum atomic E-state index is 11.1. The molecule has 9 nitrogen and oxygen atoms in total. The Balaban J connectivity index is 2.02. The molecule has 0 fully saturated rings. The maximum absolute atomic E-state index is 11.1. The standard InChI is InChI=1S/C20H14N6O3/c21-11-15-16(13-7-3-1-4-8-13)17(25-12-23-20(24-25)26(27)28)18(29-19(15)22)14-9-5-2-6-10-14/h1-10,12,16H,22H2/t16-/m1/s1. The van der Waals surface area contributed by atoms with Crippen LogP contribution in [-0.4, -0.2) is 19.7 Å². The molecule has 1 aliphatic rings. The number of nitriles is 1. The van der Waals surface area contributed by atoms with Gasteiger partial charge in [0.25, 0.3) is 0 Å². The van der Waals surface area contributed by atoms with Gasteiger partial charge in [-0.15, -0.1) is 4.68 Å². The number of allylic oxidation sites excluding steroid dienone is 2. The minimum Gasteiger partial charge on any atom is -0.438 e. The van der Waals surface area contributed by atoms with Gasteiger partial charge in [0.1, 0.15) is 17.3 Å². The molecule has 0 saturated heterocycles. The Hall–Kier alpha value is -4.45. The summed E-state index contributed by atoms with van der Waals surface area (Å²) in [6.07, 6.45) is 1.23. The Labute approximate surface area is 165 Å². The van der Waals surface area contributed by atoms with Gasteiger partial charge in [-0.1, -0.05) is 65.6 Å². The highest BCUT2D eigenvalue weighted by Crippen LogP contribution is 2.44. The first kappa shape index (κ1) is 17.9. The van der Waals surface area contributed by atoms with Crippen LogP contribution < -0.4 is 5.73 Å². The molecule has 0 amide bonds. The first-order valence-corrected chi connectivity index (χ1v) is 8.58. The van der Waals surface area contributed by atoms with Gasteiger partial charge < -0.3 is 20.6 Å². The number of nitrogens with two attached hydrogens (primary N) is 1. The number of benzene rings is 2. The van der Waals surface area contributed by atoms with E-state index in [1.54, 1.807) is 0 Å². The first-order chi connectivity index (χ1) is 14.1. The monoisotopic (exact) mass is 386 g/mol. The molecule has 142 valence electrons. The van der Waals surface area contributed by atoms with Gasteiger partial charge in [0, 0.05) is 10.7 Å². The lowest BCUT2D eigenvalue weighted by atomic mass is 9.86. The molecule has 1 atom stereocenters.